The molecule has 0 aliphatic rings. The second-order valence-corrected chi connectivity index (χ2v) is 11.0. The summed E-state index contributed by atoms with van der Waals surface area (Å²) in [6.07, 6.45) is 8.25. The first-order valence-corrected chi connectivity index (χ1v) is 15.2. The van der Waals surface area contributed by atoms with Crippen LogP contribution in [0.1, 0.15) is 27.8 Å². The Labute approximate surface area is 273 Å². The maximum atomic E-state index is 6.02. The van der Waals surface area contributed by atoms with Crippen molar-refractivity contribution < 1.29 is 23.7 Å². The van der Waals surface area contributed by atoms with Crippen molar-refractivity contribution in [3.05, 3.63) is 135 Å². The summed E-state index contributed by atoms with van der Waals surface area (Å²) >= 11 is 3.63. The van der Waals surface area contributed by atoms with Gasteiger partial charge in [0, 0.05) is 15.6 Å². The third-order valence-electron chi connectivity index (χ3n) is 7.29. The number of methoxy groups -OCH3 is 4. The van der Waals surface area contributed by atoms with Crippen LogP contribution >= 0.6 is 15.9 Å². The molecule has 0 fully saturated rings. The monoisotopic (exact) mass is 662 g/mol. The Morgan fingerprint density at radius 1 is 0.511 bits per heavy atom. The fourth-order valence-corrected chi connectivity index (χ4v) is 5.26. The molecule has 5 aromatic carbocycles. The predicted octanol–water partition coefficient (Wildman–Crippen LogP) is 10.1. The number of hydrogen-bond donors (Lipinski definition) is 0. The molecule has 0 amide bonds. The summed E-state index contributed by atoms with van der Waals surface area (Å²) in [5.41, 5.74) is 6.99. The van der Waals surface area contributed by atoms with Crippen molar-refractivity contribution in [2.75, 3.05) is 28.4 Å². The van der Waals surface area contributed by atoms with Gasteiger partial charge in [0.25, 0.3) is 0 Å². The number of ether oxygens (including phenoxy) is 5. The van der Waals surface area contributed by atoms with Crippen molar-refractivity contribution >= 4 is 40.2 Å². The summed E-state index contributed by atoms with van der Waals surface area (Å²) in [4.78, 5) is 0. The van der Waals surface area contributed by atoms with Crippen LogP contribution in [0.5, 0.6) is 28.7 Å². The van der Waals surface area contributed by atoms with Gasteiger partial charge >= 0.3 is 0 Å². The Balaban J connectivity index is 1.41. The lowest BCUT2D eigenvalue weighted by atomic mass is 9.98. The number of hydrogen-bond acceptors (Lipinski definition) is 5. The van der Waals surface area contributed by atoms with Gasteiger partial charge < -0.3 is 23.7 Å². The van der Waals surface area contributed by atoms with Gasteiger partial charge in [-0.1, -0.05) is 88.8 Å². The molecule has 0 saturated carbocycles. The highest BCUT2D eigenvalue weighted by Gasteiger charge is 2.13. The molecular formula is C39H35BrO5. The SMILES string of the molecule is COc1ccc(Br)c(/C=C/c2ccc(OC)c(-c3cc(/C=C/c4ccc(OCc5ccccc5)c(OC)c4)ccc3OC)c2)c1. The van der Waals surface area contributed by atoms with Crippen LogP contribution < -0.4 is 23.7 Å². The summed E-state index contributed by atoms with van der Waals surface area (Å²) in [6.45, 7) is 0.472. The van der Waals surface area contributed by atoms with E-state index in [-0.39, 0.29) is 0 Å². The minimum Gasteiger partial charge on any atom is -0.497 e. The van der Waals surface area contributed by atoms with E-state index in [4.69, 9.17) is 23.7 Å². The van der Waals surface area contributed by atoms with Gasteiger partial charge in [0.1, 0.15) is 23.9 Å². The molecule has 228 valence electrons. The summed E-state index contributed by atoms with van der Waals surface area (Å²) in [6, 6.07) is 34.1. The van der Waals surface area contributed by atoms with E-state index in [0.29, 0.717) is 18.1 Å². The predicted molar refractivity (Wildman–Crippen MR) is 187 cm³/mol. The van der Waals surface area contributed by atoms with Crippen molar-refractivity contribution in [1.82, 2.24) is 0 Å². The molecule has 5 nitrogen and oxygen atoms in total. The molecule has 0 bridgehead atoms. The maximum absolute atomic E-state index is 6.02. The fourth-order valence-electron chi connectivity index (χ4n) is 4.88. The number of halogens is 1. The van der Waals surface area contributed by atoms with Gasteiger partial charge in [0.05, 0.1) is 28.4 Å². The topological polar surface area (TPSA) is 46.2 Å². The minimum absolute atomic E-state index is 0.472. The van der Waals surface area contributed by atoms with Crippen LogP contribution in [0.2, 0.25) is 0 Å². The highest BCUT2D eigenvalue weighted by molar-refractivity contribution is 9.10. The van der Waals surface area contributed by atoms with Gasteiger partial charge in [0.2, 0.25) is 0 Å². The smallest absolute Gasteiger partial charge is 0.161 e. The highest BCUT2D eigenvalue weighted by atomic mass is 79.9. The highest BCUT2D eigenvalue weighted by Crippen LogP contribution is 2.39. The summed E-state index contributed by atoms with van der Waals surface area (Å²) in [5.74, 6) is 3.69. The molecule has 0 aliphatic carbocycles. The molecule has 0 radical (unpaired) electrons. The Morgan fingerprint density at radius 2 is 1.07 bits per heavy atom. The van der Waals surface area contributed by atoms with Crippen LogP contribution in [0.15, 0.2) is 108 Å². The fraction of sp³-hybridized carbons (Fsp3) is 0.128. The number of rotatable bonds is 12. The quantitative estimate of drug-likeness (QED) is 0.124. The third kappa shape index (κ3) is 7.97. The Bertz CT molecular complexity index is 1810. The summed E-state index contributed by atoms with van der Waals surface area (Å²) in [7, 11) is 6.68. The van der Waals surface area contributed by atoms with Crippen molar-refractivity contribution in [3.63, 3.8) is 0 Å². The van der Waals surface area contributed by atoms with Crippen molar-refractivity contribution in [2.45, 2.75) is 6.61 Å². The molecule has 0 N–H and O–H groups in total. The molecule has 0 unspecified atom stereocenters. The molecular weight excluding hydrogens is 628 g/mol. The lowest BCUT2D eigenvalue weighted by Crippen LogP contribution is -1.97. The molecule has 0 aliphatic heterocycles. The van der Waals surface area contributed by atoms with Gasteiger partial charge in [-0.3, -0.25) is 0 Å². The van der Waals surface area contributed by atoms with Crippen LogP contribution in [0, 0.1) is 0 Å². The van der Waals surface area contributed by atoms with E-state index >= 15 is 0 Å². The zero-order valence-electron chi connectivity index (χ0n) is 25.8. The molecule has 0 spiro atoms. The molecule has 0 aromatic heterocycles. The first-order valence-electron chi connectivity index (χ1n) is 14.4. The van der Waals surface area contributed by atoms with Gasteiger partial charge in [0.15, 0.2) is 11.5 Å². The number of benzene rings is 5. The Hall–Kier alpha value is -4.94. The molecule has 6 heteroatoms. The van der Waals surface area contributed by atoms with E-state index < -0.39 is 0 Å². The lowest BCUT2D eigenvalue weighted by Gasteiger charge is -2.14. The second kappa shape index (κ2) is 15.2. The van der Waals surface area contributed by atoms with Crippen molar-refractivity contribution in [3.8, 4) is 39.9 Å². The zero-order chi connectivity index (χ0) is 31.6. The van der Waals surface area contributed by atoms with E-state index in [1.54, 1.807) is 28.4 Å². The largest absolute Gasteiger partial charge is 0.497 e. The zero-order valence-corrected chi connectivity index (χ0v) is 27.3. The molecule has 0 atom stereocenters. The Kier molecular flexibility index (Phi) is 10.6. The average molecular weight is 664 g/mol. The van der Waals surface area contributed by atoms with Gasteiger partial charge in [-0.25, -0.2) is 0 Å². The lowest BCUT2D eigenvalue weighted by molar-refractivity contribution is 0.284. The first kappa shape index (κ1) is 31.5. The normalized spacial score (nSPS) is 11.1. The van der Waals surface area contributed by atoms with Crippen LogP contribution in [-0.4, -0.2) is 28.4 Å². The van der Waals surface area contributed by atoms with Gasteiger partial charge in [-0.05, 0) is 82.4 Å². The average Bonchev–Trinajstić information content (AvgIpc) is 3.09. The van der Waals surface area contributed by atoms with Gasteiger partial charge in [-0.2, -0.15) is 0 Å². The van der Waals surface area contributed by atoms with Crippen LogP contribution in [-0.2, 0) is 6.61 Å². The standard InChI is InChI=1S/C39H35BrO5/c1-41-32-17-18-35(40)31(25-32)16-12-28-14-20-37(43-3)34(23-28)33-22-27(13-19-36(33)42-2)10-11-29-15-21-38(39(24-29)44-4)45-26-30-8-6-5-7-9-30/h5-25H,26H2,1-4H3/b11-10+,16-12+. The maximum Gasteiger partial charge on any atom is 0.161 e. The van der Waals surface area contributed by atoms with E-state index in [0.717, 1.165) is 60.7 Å². The molecule has 0 saturated heterocycles. The molecule has 5 rings (SSSR count). The molecule has 5 aromatic rings. The molecule has 0 heterocycles. The van der Waals surface area contributed by atoms with Crippen molar-refractivity contribution in [1.29, 1.82) is 0 Å². The summed E-state index contributed by atoms with van der Waals surface area (Å²) in [5, 5.41) is 0. The van der Waals surface area contributed by atoms with Gasteiger partial charge in [-0.15, -0.1) is 0 Å². The third-order valence-corrected chi connectivity index (χ3v) is 8.01. The second-order valence-electron chi connectivity index (χ2n) is 10.2. The van der Waals surface area contributed by atoms with E-state index in [1.165, 1.54) is 0 Å². The van der Waals surface area contributed by atoms with Crippen molar-refractivity contribution in [2.24, 2.45) is 0 Å². The minimum atomic E-state index is 0.472. The van der Waals surface area contributed by atoms with E-state index in [9.17, 15) is 0 Å². The Morgan fingerprint density at radius 3 is 1.64 bits per heavy atom. The van der Waals surface area contributed by atoms with E-state index in [2.05, 4.69) is 52.4 Å². The molecule has 45 heavy (non-hydrogen) atoms. The van der Waals surface area contributed by atoms with Crippen LogP contribution in [0.3, 0.4) is 0 Å². The first-order chi connectivity index (χ1) is 22.0. The summed E-state index contributed by atoms with van der Waals surface area (Å²) < 4.78 is 29.6. The van der Waals surface area contributed by atoms with Crippen LogP contribution in [0.4, 0.5) is 0 Å². The van der Waals surface area contributed by atoms with Crippen LogP contribution in [0.25, 0.3) is 35.4 Å². The van der Waals surface area contributed by atoms with E-state index in [1.807, 2.05) is 91.0 Å².